The van der Waals surface area contributed by atoms with Gasteiger partial charge in [0.15, 0.2) is 0 Å². The van der Waals surface area contributed by atoms with Gasteiger partial charge in [-0.3, -0.25) is 4.79 Å². The molecule has 3 nitrogen and oxygen atoms in total. The number of hydrogen-bond donors (Lipinski definition) is 1. The van der Waals surface area contributed by atoms with Gasteiger partial charge in [-0.15, -0.1) is 0 Å². The zero-order chi connectivity index (χ0) is 10.3. The van der Waals surface area contributed by atoms with Crippen molar-refractivity contribution in [2.75, 3.05) is 24.5 Å². The van der Waals surface area contributed by atoms with Crippen LogP contribution in [0.15, 0.2) is 30.3 Å². The first-order valence-corrected chi connectivity index (χ1v) is 5.43. The van der Waals surface area contributed by atoms with Crippen molar-refractivity contribution in [1.29, 1.82) is 0 Å². The highest BCUT2D eigenvalue weighted by atomic mass is 16.2. The van der Waals surface area contributed by atoms with Crippen molar-refractivity contribution in [1.82, 2.24) is 5.32 Å². The van der Waals surface area contributed by atoms with Crippen LogP contribution in [0, 0.1) is 11.8 Å². The van der Waals surface area contributed by atoms with E-state index in [1.165, 1.54) is 0 Å². The molecule has 1 amide bonds. The Kier molecular flexibility index (Phi) is 1.99. The Labute approximate surface area is 89.1 Å². The van der Waals surface area contributed by atoms with Crippen molar-refractivity contribution >= 4 is 11.6 Å². The first-order chi connectivity index (χ1) is 7.36. The molecule has 0 radical (unpaired) electrons. The van der Waals surface area contributed by atoms with Crippen LogP contribution in [-0.4, -0.2) is 25.5 Å². The van der Waals surface area contributed by atoms with E-state index in [1.54, 1.807) is 0 Å². The Hall–Kier alpha value is -1.35. The Morgan fingerprint density at radius 1 is 1.20 bits per heavy atom. The lowest BCUT2D eigenvalue weighted by atomic mass is 10.0. The average Bonchev–Trinajstić information content (AvgIpc) is 2.83. The van der Waals surface area contributed by atoms with E-state index in [1.807, 2.05) is 35.2 Å². The van der Waals surface area contributed by atoms with Crippen LogP contribution in [0.2, 0.25) is 0 Å². The number of nitrogens with zero attached hydrogens (tertiary/aromatic N) is 1. The molecule has 0 bridgehead atoms. The molecular weight excluding hydrogens is 188 g/mol. The molecule has 0 saturated carbocycles. The number of rotatable bonds is 1. The second-order valence-corrected chi connectivity index (χ2v) is 4.31. The molecule has 2 aliphatic rings. The van der Waals surface area contributed by atoms with Crippen molar-refractivity contribution in [3.8, 4) is 0 Å². The first kappa shape index (κ1) is 8.92. The van der Waals surface area contributed by atoms with E-state index in [0.29, 0.717) is 5.92 Å². The van der Waals surface area contributed by atoms with Crippen molar-refractivity contribution in [2.24, 2.45) is 11.8 Å². The highest BCUT2D eigenvalue weighted by molar-refractivity contribution is 5.98. The number of amides is 1. The van der Waals surface area contributed by atoms with E-state index in [2.05, 4.69) is 5.32 Å². The van der Waals surface area contributed by atoms with Gasteiger partial charge in [0.2, 0.25) is 5.91 Å². The van der Waals surface area contributed by atoms with Crippen molar-refractivity contribution in [3.05, 3.63) is 30.3 Å². The zero-order valence-corrected chi connectivity index (χ0v) is 8.52. The fourth-order valence-electron chi connectivity index (χ4n) is 2.58. The van der Waals surface area contributed by atoms with Crippen molar-refractivity contribution in [3.63, 3.8) is 0 Å². The van der Waals surface area contributed by atoms with Crippen molar-refractivity contribution < 1.29 is 4.79 Å². The zero-order valence-electron chi connectivity index (χ0n) is 8.52. The van der Waals surface area contributed by atoms with Crippen LogP contribution < -0.4 is 10.2 Å². The Balaban J connectivity index is 1.88. The van der Waals surface area contributed by atoms with E-state index < -0.39 is 0 Å². The van der Waals surface area contributed by atoms with Crippen LogP contribution in [0.3, 0.4) is 0 Å². The maximum absolute atomic E-state index is 12.1. The lowest BCUT2D eigenvalue weighted by molar-refractivity contribution is -0.120. The molecule has 0 spiro atoms. The van der Waals surface area contributed by atoms with E-state index in [0.717, 1.165) is 25.3 Å². The van der Waals surface area contributed by atoms with Crippen LogP contribution in [-0.2, 0) is 4.79 Å². The van der Waals surface area contributed by atoms with Gasteiger partial charge in [0, 0.05) is 31.2 Å². The summed E-state index contributed by atoms with van der Waals surface area (Å²) in [5, 5.41) is 3.28. The van der Waals surface area contributed by atoms with Crippen LogP contribution in [0.25, 0.3) is 0 Å². The molecule has 0 aliphatic carbocycles. The minimum absolute atomic E-state index is 0.213. The molecule has 0 unspecified atom stereocenters. The summed E-state index contributed by atoms with van der Waals surface area (Å²) in [6, 6.07) is 9.95. The quantitative estimate of drug-likeness (QED) is 0.733. The lowest BCUT2D eigenvalue weighted by Gasteiger charge is -2.17. The van der Waals surface area contributed by atoms with Gasteiger partial charge in [-0.05, 0) is 12.1 Å². The molecule has 15 heavy (non-hydrogen) atoms. The molecule has 1 aromatic rings. The third kappa shape index (κ3) is 1.35. The fraction of sp³-hybridized carbons (Fsp3) is 0.417. The standard InChI is InChI=1S/C12H14N2O/c15-12-11-7-13-6-9(11)8-14(12)10-4-2-1-3-5-10/h1-5,9,11,13H,6-8H2/t9-,11-/m0/s1. The molecule has 3 heteroatoms. The second-order valence-electron chi connectivity index (χ2n) is 4.31. The normalized spacial score (nSPS) is 29.6. The summed E-state index contributed by atoms with van der Waals surface area (Å²) in [5.41, 5.74) is 1.04. The monoisotopic (exact) mass is 202 g/mol. The molecule has 2 aliphatic heterocycles. The highest BCUT2D eigenvalue weighted by Gasteiger charge is 2.43. The Morgan fingerprint density at radius 3 is 2.73 bits per heavy atom. The topological polar surface area (TPSA) is 32.3 Å². The summed E-state index contributed by atoms with van der Waals surface area (Å²) in [5.74, 6) is 1.01. The average molecular weight is 202 g/mol. The molecule has 2 atom stereocenters. The van der Waals surface area contributed by atoms with Crippen LogP contribution in [0.5, 0.6) is 0 Å². The molecule has 1 aromatic carbocycles. The first-order valence-electron chi connectivity index (χ1n) is 5.43. The van der Waals surface area contributed by atoms with Gasteiger partial charge in [0.05, 0.1) is 5.92 Å². The maximum atomic E-state index is 12.1. The van der Waals surface area contributed by atoms with Gasteiger partial charge in [0.25, 0.3) is 0 Å². The van der Waals surface area contributed by atoms with E-state index >= 15 is 0 Å². The third-order valence-electron chi connectivity index (χ3n) is 3.41. The number of carbonyl (C=O) groups excluding carboxylic acids is 1. The molecule has 2 heterocycles. The molecular formula is C12H14N2O. The fourth-order valence-corrected chi connectivity index (χ4v) is 2.58. The SMILES string of the molecule is O=C1[C@H]2CNC[C@H]2CN1c1ccccc1. The number of benzene rings is 1. The van der Waals surface area contributed by atoms with Gasteiger partial charge in [0.1, 0.15) is 0 Å². The van der Waals surface area contributed by atoms with Crippen LogP contribution in [0.4, 0.5) is 5.69 Å². The number of hydrogen-bond acceptors (Lipinski definition) is 2. The number of nitrogens with one attached hydrogen (secondary N) is 1. The number of fused-ring (bicyclic) bond motifs is 1. The molecule has 1 N–H and O–H groups in total. The van der Waals surface area contributed by atoms with Crippen LogP contribution in [0.1, 0.15) is 0 Å². The van der Waals surface area contributed by atoms with E-state index in [-0.39, 0.29) is 11.8 Å². The minimum atomic E-state index is 0.213. The van der Waals surface area contributed by atoms with E-state index in [4.69, 9.17) is 0 Å². The number of anilines is 1. The Bertz CT molecular complexity index is 376. The van der Waals surface area contributed by atoms with Gasteiger partial charge in [-0.1, -0.05) is 18.2 Å². The molecule has 3 rings (SSSR count). The summed E-state index contributed by atoms with van der Waals surface area (Å²) in [6.45, 7) is 2.72. The molecule has 78 valence electrons. The lowest BCUT2D eigenvalue weighted by Crippen LogP contribution is -2.30. The van der Waals surface area contributed by atoms with Gasteiger partial charge in [-0.25, -0.2) is 0 Å². The highest BCUT2D eigenvalue weighted by Crippen LogP contribution is 2.31. The second kappa shape index (κ2) is 3.35. The molecule has 2 fully saturated rings. The summed E-state index contributed by atoms with van der Waals surface area (Å²) < 4.78 is 0. The molecule has 2 saturated heterocycles. The van der Waals surface area contributed by atoms with Gasteiger partial charge < -0.3 is 10.2 Å². The maximum Gasteiger partial charge on any atom is 0.231 e. The predicted octanol–water partition coefficient (Wildman–Crippen LogP) is 0.869. The minimum Gasteiger partial charge on any atom is -0.316 e. The van der Waals surface area contributed by atoms with Gasteiger partial charge >= 0.3 is 0 Å². The van der Waals surface area contributed by atoms with E-state index in [9.17, 15) is 4.79 Å². The van der Waals surface area contributed by atoms with Crippen molar-refractivity contribution in [2.45, 2.75) is 0 Å². The van der Waals surface area contributed by atoms with Crippen LogP contribution >= 0.6 is 0 Å². The third-order valence-corrected chi connectivity index (χ3v) is 3.41. The number of carbonyl (C=O) groups is 1. The summed E-state index contributed by atoms with van der Waals surface area (Å²) in [6.07, 6.45) is 0. The predicted molar refractivity (Wildman–Crippen MR) is 58.6 cm³/mol. The smallest absolute Gasteiger partial charge is 0.231 e. The molecule has 0 aromatic heterocycles. The summed E-state index contributed by atoms with van der Waals surface area (Å²) in [4.78, 5) is 14.0. The number of para-hydroxylation sites is 1. The van der Waals surface area contributed by atoms with Gasteiger partial charge in [-0.2, -0.15) is 0 Å². The largest absolute Gasteiger partial charge is 0.316 e. The Morgan fingerprint density at radius 2 is 2.00 bits per heavy atom. The summed E-state index contributed by atoms with van der Waals surface area (Å²) >= 11 is 0. The summed E-state index contributed by atoms with van der Waals surface area (Å²) in [7, 11) is 0.